The number of carbonyl (C=O) groups excluding carboxylic acids is 3. The van der Waals surface area contributed by atoms with Crippen LogP contribution >= 0.6 is 18.5 Å². The van der Waals surface area contributed by atoms with E-state index in [1.807, 2.05) is 61.6 Å². The molecule has 140 heavy (non-hydrogen) atoms. The molecule has 738 valence electrons. The third-order valence-corrected chi connectivity index (χ3v) is 28.4. The van der Waals surface area contributed by atoms with Gasteiger partial charge < -0.3 is 23.8 Å². The smallest absolute Gasteiger partial charge is 0.256 e. The first-order valence-electron chi connectivity index (χ1n) is 49.5. The van der Waals surface area contributed by atoms with E-state index in [4.69, 9.17) is 0 Å². The number of rotatable bonds is 2. The van der Waals surface area contributed by atoms with Crippen LogP contribution in [0.3, 0.4) is 0 Å². The number of para-hydroxylation sites is 2. The number of nitrogens with zero attached hydrogens (tertiary/aromatic N) is 7. The van der Waals surface area contributed by atoms with E-state index in [2.05, 4.69) is 449 Å². The average molecular weight is 1910 g/mol. The van der Waals surface area contributed by atoms with Crippen molar-refractivity contribution in [2.24, 2.45) is 7.05 Å². The second kappa shape index (κ2) is 44.6. The fourth-order valence-electron chi connectivity index (χ4n) is 17.6. The van der Waals surface area contributed by atoms with Crippen LogP contribution in [-0.4, -0.2) is 98.6 Å². The van der Waals surface area contributed by atoms with Crippen LogP contribution in [0.4, 0.5) is 0 Å². The standard InChI is InChI=1S/C17H23NO.C16H21OP.C15H20N2O2.2C14H16.C13H17N.2C13H15N.C11H13NS.CH4/c1-17(2,3)14-8-4-6-12-7-5-11-18(13-9-10-13)16(19)15(12)14;1-16(2,3)14-8-6-12-7-9-15(18(4,5)17)11-13(12)10-14;1-15(2,3)11-8-6-7-10-12(11)14(19)17(5)9-16(4)13(10)18;1-14(2,3)13-10-6-8-11-7-4-5-9-12(11)13;1-14(2,3)13-9-8-11-6-4-5-7-12(11)10-13;1-13(2,3)11-7-5-6-10-8-9-14(4)12(10)11;1-13(2,3)11-8-4-6-10-7-5-9-14-12(10)11;1-13(2,3)11-7-6-10-5-4-8-14-12(10)9-11;1-11(2,3)8-4-5-10-9(6-8)12-7-13-10;/h4,6,8,13H,5,7,9-11H2,1-3H3;6-11H,1-5H3;6-8H,9H2,1-5H3;2*4-10H,1-3H3;5-9H,1-4H3;2*4-9H,1-3H3;4-7H,1-3H3;1H4. The number of hydrogen-bond acceptors (Lipinski definition) is 8. The summed E-state index contributed by atoms with van der Waals surface area (Å²) in [6.45, 7) is 64.5. The molecule has 2 aliphatic heterocycles. The van der Waals surface area contributed by atoms with E-state index in [-0.39, 0.29) is 73.9 Å². The van der Waals surface area contributed by atoms with Crippen LogP contribution in [0, 0.1) is 0 Å². The molecule has 13 heteroatoms. The van der Waals surface area contributed by atoms with Crippen LogP contribution in [0.1, 0.15) is 300 Å². The maximum absolute atomic E-state index is 12.9. The average Bonchev–Trinajstić information content (AvgIpc) is 1.60. The lowest BCUT2D eigenvalue weighted by Crippen LogP contribution is -2.36. The Morgan fingerprint density at radius 3 is 1.36 bits per heavy atom. The molecule has 12 aromatic carbocycles. The lowest BCUT2D eigenvalue weighted by Gasteiger charge is -2.26. The summed E-state index contributed by atoms with van der Waals surface area (Å²) >= 11 is 1.70. The van der Waals surface area contributed by atoms with Crippen molar-refractivity contribution < 1.29 is 18.9 Å². The van der Waals surface area contributed by atoms with Crippen molar-refractivity contribution in [3.63, 3.8) is 0 Å². The molecular formula is C127H160N7O4PS. The first-order valence-corrected chi connectivity index (χ1v) is 53.0. The highest BCUT2D eigenvalue weighted by Crippen LogP contribution is 2.41. The molecule has 3 aliphatic rings. The SMILES string of the molecule is C.CC(C)(C)c1ccc2ccc(P(C)(C)=O)cc2c1.CC(C)(C)c1ccc2ccccc2c1.CC(C)(C)c1ccc2cccnc2c1.CC(C)(C)c1ccc2scnc2c1.CC(C)(C)c1cccc2c1C(=O)N(C1CC1)CCC2.CC(C)(C)c1cccc2ccccc12.CC(C)(C)c1cccc2cccnc12.CN1CN(C)C(=O)c2c(cccc2C(C)(C)C)C1=O.Cn1ccc2cccc(C(C)(C)C)c21. The summed E-state index contributed by atoms with van der Waals surface area (Å²) in [6, 6.07) is 91.7. The Morgan fingerprint density at radius 1 is 0.350 bits per heavy atom. The van der Waals surface area contributed by atoms with Gasteiger partial charge in [-0.2, -0.15) is 0 Å². The number of aromatic nitrogens is 4. The third-order valence-electron chi connectivity index (χ3n) is 26.0. The molecule has 0 unspecified atom stereocenters. The molecule has 16 aromatic rings. The summed E-state index contributed by atoms with van der Waals surface area (Å²) in [7, 11) is 3.37. The quantitative estimate of drug-likeness (QED) is 0.158. The summed E-state index contributed by atoms with van der Waals surface area (Å²) < 4.78 is 15.6. The zero-order valence-corrected chi connectivity index (χ0v) is 91.3. The van der Waals surface area contributed by atoms with Crippen LogP contribution in [0.25, 0.3) is 75.2 Å². The molecule has 3 amide bonds. The van der Waals surface area contributed by atoms with Crippen molar-refractivity contribution in [3.05, 3.63) is 357 Å². The Hall–Kier alpha value is -11.7. The minimum atomic E-state index is -2.18. The second-order valence-electron chi connectivity index (χ2n) is 47.5. The fraction of sp³-hybridized carbons (Fsp3) is 0.386. The monoisotopic (exact) mass is 1910 g/mol. The molecule has 0 N–H and O–H groups in total. The summed E-state index contributed by atoms with van der Waals surface area (Å²) in [4.78, 5) is 56.2. The number of fused-ring (bicyclic) bond motifs is 9. The van der Waals surface area contributed by atoms with Gasteiger partial charge in [0.25, 0.3) is 17.7 Å². The minimum absolute atomic E-state index is 0. The molecule has 1 aliphatic carbocycles. The van der Waals surface area contributed by atoms with Gasteiger partial charge in [-0.3, -0.25) is 24.4 Å². The molecule has 6 heterocycles. The van der Waals surface area contributed by atoms with Gasteiger partial charge in [0, 0.05) is 74.0 Å². The Bertz CT molecular complexity index is 6840. The lowest BCUT2D eigenvalue weighted by atomic mass is 9.81. The summed E-state index contributed by atoms with van der Waals surface area (Å²) in [5.41, 5.74) is 22.8. The van der Waals surface area contributed by atoms with Crippen molar-refractivity contribution in [3.8, 4) is 0 Å². The van der Waals surface area contributed by atoms with Crippen molar-refractivity contribution in [2.75, 3.05) is 40.6 Å². The number of aryl methyl sites for hydroxylation is 2. The van der Waals surface area contributed by atoms with Gasteiger partial charge in [0.1, 0.15) is 7.14 Å². The molecule has 11 nitrogen and oxygen atoms in total. The van der Waals surface area contributed by atoms with E-state index in [0.29, 0.717) is 23.8 Å². The van der Waals surface area contributed by atoms with Gasteiger partial charge in [0.05, 0.1) is 50.1 Å². The molecule has 0 saturated heterocycles. The van der Waals surface area contributed by atoms with Gasteiger partial charge in [-0.1, -0.05) is 407 Å². The highest BCUT2D eigenvalue weighted by Gasteiger charge is 2.38. The molecule has 0 spiro atoms. The number of benzene rings is 12. The van der Waals surface area contributed by atoms with E-state index in [0.717, 1.165) is 52.4 Å². The van der Waals surface area contributed by atoms with Crippen molar-refractivity contribution >= 4 is 117 Å². The Kier molecular flexibility index (Phi) is 35.2. The molecule has 1 fully saturated rings. The third kappa shape index (κ3) is 28.6. The molecule has 1 saturated carbocycles. The number of carbonyl (C=O) groups is 3. The van der Waals surface area contributed by atoms with Crippen LogP contribution in [-0.2, 0) is 66.8 Å². The molecule has 4 aromatic heterocycles. The van der Waals surface area contributed by atoms with Crippen LogP contribution in [0.5, 0.6) is 0 Å². The van der Waals surface area contributed by atoms with Gasteiger partial charge in [-0.05, 0) is 230 Å². The Labute approximate surface area is 843 Å². The highest BCUT2D eigenvalue weighted by atomic mass is 32.1. The summed E-state index contributed by atoms with van der Waals surface area (Å²) in [5, 5.41) is 12.5. The summed E-state index contributed by atoms with van der Waals surface area (Å²) in [5.74, 6) is 0.0950. The number of pyridine rings is 2. The number of thiazole rings is 1. The fourth-order valence-corrected chi connectivity index (χ4v) is 19.2. The minimum Gasteiger partial charge on any atom is -0.350 e. The maximum atomic E-state index is 12.9. The zero-order chi connectivity index (χ0) is 102. The lowest BCUT2D eigenvalue weighted by molar-refractivity contribution is 0.0650. The normalized spacial score (nSPS) is 13.8. The highest BCUT2D eigenvalue weighted by molar-refractivity contribution is 7.70. The molecular weight excluding hydrogens is 1750 g/mol. The van der Waals surface area contributed by atoms with Gasteiger partial charge in [-0.25, -0.2) is 4.98 Å². The van der Waals surface area contributed by atoms with Gasteiger partial charge in [0.2, 0.25) is 0 Å². The molecule has 0 radical (unpaired) electrons. The van der Waals surface area contributed by atoms with Crippen molar-refractivity contribution in [1.29, 1.82) is 0 Å². The Balaban J connectivity index is 0.000000163. The van der Waals surface area contributed by atoms with Crippen LogP contribution in [0.2, 0.25) is 0 Å². The zero-order valence-electron chi connectivity index (χ0n) is 89.6. The molecule has 0 bridgehead atoms. The predicted octanol–water partition coefficient (Wildman–Crippen LogP) is 33.1. The van der Waals surface area contributed by atoms with Gasteiger partial charge >= 0.3 is 0 Å². The molecule has 19 rings (SSSR count). The van der Waals surface area contributed by atoms with E-state index in [1.165, 1.54) is 122 Å². The van der Waals surface area contributed by atoms with E-state index < -0.39 is 7.14 Å². The number of hydrogen-bond donors (Lipinski definition) is 0. The van der Waals surface area contributed by atoms with Crippen molar-refractivity contribution in [2.45, 2.75) is 275 Å². The predicted molar refractivity (Wildman–Crippen MR) is 606 cm³/mol. The summed E-state index contributed by atoms with van der Waals surface area (Å²) in [6.07, 6.45) is 10.3. The largest absolute Gasteiger partial charge is 0.350 e. The van der Waals surface area contributed by atoms with E-state index in [1.54, 1.807) is 41.3 Å². The van der Waals surface area contributed by atoms with Gasteiger partial charge in [-0.15, -0.1) is 11.3 Å². The first kappa shape index (κ1) is 110. The topological polar surface area (TPSA) is 122 Å². The second-order valence-corrected chi connectivity index (χ2v) is 51.6. The van der Waals surface area contributed by atoms with Crippen molar-refractivity contribution in [1.82, 2.24) is 34.2 Å². The Morgan fingerprint density at radius 2 is 0.786 bits per heavy atom. The van der Waals surface area contributed by atoms with Gasteiger partial charge in [0.15, 0.2) is 0 Å². The number of amides is 3. The maximum Gasteiger partial charge on any atom is 0.256 e. The van der Waals surface area contributed by atoms with Crippen LogP contribution < -0.4 is 5.30 Å². The first-order chi connectivity index (χ1) is 64.8. The molecule has 0 atom stereocenters. The van der Waals surface area contributed by atoms with E-state index >= 15 is 0 Å². The van der Waals surface area contributed by atoms with E-state index in [9.17, 15) is 18.9 Å². The van der Waals surface area contributed by atoms with Crippen LogP contribution in [0.15, 0.2) is 285 Å².